The Hall–Kier alpha value is -2.86. The summed E-state index contributed by atoms with van der Waals surface area (Å²) in [5.74, 6) is -0.997. The zero-order valence-corrected chi connectivity index (χ0v) is 12.8. The van der Waals surface area contributed by atoms with Crippen LogP contribution in [0.25, 0.3) is 33.3 Å². The van der Waals surface area contributed by atoms with E-state index in [2.05, 4.69) is 15.1 Å². The molecule has 0 saturated carbocycles. The fraction of sp³-hybridized carbons (Fsp3) is 0.0625. The van der Waals surface area contributed by atoms with E-state index in [9.17, 15) is 9.90 Å². The molecular weight excluding hydrogens is 316 g/mol. The van der Waals surface area contributed by atoms with Gasteiger partial charge in [-0.25, -0.2) is 4.79 Å². The van der Waals surface area contributed by atoms with Gasteiger partial charge in [0, 0.05) is 23.7 Å². The van der Waals surface area contributed by atoms with Crippen molar-refractivity contribution in [3.05, 3.63) is 47.1 Å². The third kappa shape index (κ3) is 2.07. The highest BCUT2D eigenvalue weighted by Crippen LogP contribution is 2.31. The van der Waals surface area contributed by atoms with Crippen molar-refractivity contribution in [1.29, 1.82) is 0 Å². The molecule has 0 atom stereocenters. The maximum absolute atomic E-state index is 11.4. The van der Waals surface area contributed by atoms with E-state index in [4.69, 9.17) is 11.6 Å². The molecular formula is C16H11ClN4O2. The highest BCUT2D eigenvalue weighted by atomic mass is 35.5. The van der Waals surface area contributed by atoms with Gasteiger partial charge < -0.3 is 10.1 Å². The van der Waals surface area contributed by atoms with Crippen LogP contribution in [0.1, 0.15) is 10.4 Å². The molecule has 1 aromatic carbocycles. The maximum atomic E-state index is 11.4. The number of carbonyl (C=O) groups is 1. The maximum Gasteiger partial charge on any atom is 0.337 e. The van der Waals surface area contributed by atoms with Crippen molar-refractivity contribution in [2.75, 3.05) is 0 Å². The Morgan fingerprint density at radius 3 is 2.87 bits per heavy atom. The van der Waals surface area contributed by atoms with Gasteiger partial charge in [0.1, 0.15) is 0 Å². The average Bonchev–Trinajstić information content (AvgIpc) is 3.05. The zero-order chi connectivity index (χ0) is 16.1. The Morgan fingerprint density at radius 1 is 1.26 bits per heavy atom. The van der Waals surface area contributed by atoms with Gasteiger partial charge in [0.2, 0.25) is 0 Å². The fourth-order valence-corrected chi connectivity index (χ4v) is 2.99. The smallest absolute Gasteiger partial charge is 0.337 e. The zero-order valence-electron chi connectivity index (χ0n) is 12.0. The van der Waals surface area contributed by atoms with Crippen molar-refractivity contribution in [3.8, 4) is 11.4 Å². The van der Waals surface area contributed by atoms with Crippen molar-refractivity contribution < 1.29 is 9.90 Å². The minimum atomic E-state index is -0.997. The molecule has 0 bridgehead atoms. The minimum Gasteiger partial charge on any atom is -0.478 e. The molecule has 2 N–H and O–H groups in total. The number of aryl methyl sites for hydroxylation is 1. The van der Waals surface area contributed by atoms with Gasteiger partial charge in [0.25, 0.3) is 0 Å². The molecule has 23 heavy (non-hydrogen) atoms. The van der Waals surface area contributed by atoms with Gasteiger partial charge in [-0.3, -0.25) is 9.67 Å². The Morgan fingerprint density at radius 2 is 2.09 bits per heavy atom. The van der Waals surface area contributed by atoms with E-state index >= 15 is 0 Å². The molecule has 4 aromatic rings. The second kappa shape index (κ2) is 4.82. The number of H-pyrrole nitrogens is 1. The topological polar surface area (TPSA) is 83.8 Å². The summed E-state index contributed by atoms with van der Waals surface area (Å²) in [4.78, 5) is 18.7. The molecule has 114 valence electrons. The third-order valence-electron chi connectivity index (χ3n) is 3.80. The van der Waals surface area contributed by atoms with Crippen LogP contribution in [0.2, 0.25) is 5.02 Å². The predicted molar refractivity (Wildman–Crippen MR) is 87.8 cm³/mol. The molecule has 0 spiro atoms. The highest BCUT2D eigenvalue weighted by Gasteiger charge is 2.17. The second-order valence-electron chi connectivity index (χ2n) is 5.24. The molecule has 0 aliphatic rings. The SMILES string of the molecule is Cn1nc2ccc(Cl)cc2c1-c1cc2nccc(C(=O)O)c2[nH]1. The van der Waals surface area contributed by atoms with Gasteiger partial charge in [-0.2, -0.15) is 5.10 Å². The van der Waals surface area contributed by atoms with E-state index < -0.39 is 5.97 Å². The predicted octanol–water partition coefficient (Wildman–Crippen LogP) is 3.47. The Balaban J connectivity index is 2.03. The van der Waals surface area contributed by atoms with E-state index in [0.717, 1.165) is 22.3 Å². The molecule has 0 amide bonds. The summed E-state index contributed by atoms with van der Waals surface area (Å²) in [6.07, 6.45) is 1.49. The normalized spacial score (nSPS) is 11.4. The number of nitrogens with one attached hydrogen (secondary N) is 1. The summed E-state index contributed by atoms with van der Waals surface area (Å²) in [7, 11) is 1.83. The molecule has 4 rings (SSSR count). The lowest BCUT2D eigenvalue weighted by molar-refractivity contribution is 0.0699. The van der Waals surface area contributed by atoms with E-state index in [1.807, 2.05) is 25.2 Å². The average molecular weight is 327 g/mol. The fourth-order valence-electron chi connectivity index (χ4n) is 2.82. The number of aromatic carboxylic acids is 1. The van der Waals surface area contributed by atoms with Crippen LogP contribution in [-0.4, -0.2) is 30.8 Å². The minimum absolute atomic E-state index is 0.186. The van der Waals surface area contributed by atoms with Gasteiger partial charge in [0.15, 0.2) is 0 Å². The summed E-state index contributed by atoms with van der Waals surface area (Å²) < 4.78 is 1.74. The second-order valence-corrected chi connectivity index (χ2v) is 5.68. The van der Waals surface area contributed by atoms with Crippen molar-refractivity contribution >= 4 is 39.5 Å². The number of aromatic nitrogens is 4. The van der Waals surface area contributed by atoms with Gasteiger partial charge >= 0.3 is 5.97 Å². The molecule has 6 nitrogen and oxygen atoms in total. The molecule has 0 unspecified atom stereocenters. The van der Waals surface area contributed by atoms with Crippen molar-refractivity contribution in [3.63, 3.8) is 0 Å². The van der Waals surface area contributed by atoms with Gasteiger partial charge in [-0.05, 0) is 30.3 Å². The van der Waals surface area contributed by atoms with Crippen LogP contribution in [0.15, 0.2) is 36.5 Å². The van der Waals surface area contributed by atoms with E-state index in [1.54, 1.807) is 10.7 Å². The molecule has 3 heterocycles. The molecule has 0 aliphatic heterocycles. The standard InChI is InChI=1S/C16H11ClN4O2/c1-21-15(10-6-8(17)2-3-11(10)20-21)13-7-12-14(19-13)9(16(22)23)4-5-18-12/h2-7,19H,1H3,(H,22,23). The Kier molecular flexibility index (Phi) is 2.89. The number of halogens is 1. The van der Waals surface area contributed by atoms with Crippen LogP contribution < -0.4 is 0 Å². The number of rotatable bonds is 2. The lowest BCUT2D eigenvalue weighted by Crippen LogP contribution is -1.98. The molecule has 0 saturated heterocycles. The number of pyridine rings is 1. The first-order chi connectivity index (χ1) is 11.0. The molecule has 0 fully saturated rings. The lowest BCUT2D eigenvalue weighted by atomic mass is 10.1. The summed E-state index contributed by atoms with van der Waals surface area (Å²) >= 11 is 6.10. The first kappa shape index (κ1) is 13.8. The highest BCUT2D eigenvalue weighted by molar-refractivity contribution is 6.31. The summed E-state index contributed by atoms with van der Waals surface area (Å²) in [5.41, 5.74) is 3.66. The van der Waals surface area contributed by atoms with Crippen LogP contribution in [0.5, 0.6) is 0 Å². The van der Waals surface area contributed by atoms with E-state index in [0.29, 0.717) is 16.1 Å². The number of carboxylic acids is 1. The number of nitrogens with zero attached hydrogens (tertiary/aromatic N) is 3. The van der Waals surface area contributed by atoms with Gasteiger partial charge in [-0.1, -0.05) is 11.6 Å². The lowest BCUT2D eigenvalue weighted by Gasteiger charge is -2.00. The van der Waals surface area contributed by atoms with Crippen LogP contribution in [-0.2, 0) is 7.05 Å². The summed E-state index contributed by atoms with van der Waals surface area (Å²) in [6.45, 7) is 0. The Bertz CT molecular complexity index is 1080. The summed E-state index contributed by atoms with van der Waals surface area (Å²) in [5, 5.41) is 15.3. The molecule has 0 aliphatic carbocycles. The van der Waals surface area contributed by atoms with E-state index in [1.165, 1.54) is 12.3 Å². The Labute approximate surface area is 135 Å². The largest absolute Gasteiger partial charge is 0.478 e. The van der Waals surface area contributed by atoms with E-state index in [-0.39, 0.29) is 5.56 Å². The monoisotopic (exact) mass is 326 g/mol. The van der Waals surface area contributed by atoms with Gasteiger partial charge in [0.05, 0.1) is 33.5 Å². The van der Waals surface area contributed by atoms with Crippen LogP contribution in [0.4, 0.5) is 0 Å². The number of aromatic amines is 1. The van der Waals surface area contributed by atoms with Crippen molar-refractivity contribution in [2.45, 2.75) is 0 Å². The van der Waals surface area contributed by atoms with Crippen LogP contribution in [0.3, 0.4) is 0 Å². The first-order valence-corrected chi connectivity index (χ1v) is 7.26. The molecule has 7 heteroatoms. The molecule has 0 radical (unpaired) electrons. The third-order valence-corrected chi connectivity index (χ3v) is 4.04. The van der Waals surface area contributed by atoms with Crippen molar-refractivity contribution in [1.82, 2.24) is 19.7 Å². The number of hydrogen-bond donors (Lipinski definition) is 2. The van der Waals surface area contributed by atoms with Crippen LogP contribution in [0, 0.1) is 0 Å². The van der Waals surface area contributed by atoms with Crippen molar-refractivity contribution in [2.24, 2.45) is 7.05 Å². The number of fused-ring (bicyclic) bond motifs is 2. The quantitative estimate of drug-likeness (QED) is 0.590. The van der Waals surface area contributed by atoms with Crippen LogP contribution >= 0.6 is 11.6 Å². The molecule has 3 aromatic heterocycles. The number of carboxylic acid groups (broad SMARTS) is 1. The summed E-state index contributed by atoms with van der Waals surface area (Å²) in [6, 6.07) is 8.78. The van der Waals surface area contributed by atoms with Gasteiger partial charge in [-0.15, -0.1) is 0 Å². The first-order valence-electron chi connectivity index (χ1n) is 6.88. The number of benzene rings is 1. The number of hydrogen-bond acceptors (Lipinski definition) is 3.